The molecule has 1 aromatic carbocycles. The van der Waals surface area contributed by atoms with Gasteiger partial charge in [-0.3, -0.25) is 4.84 Å². The van der Waals surface area contributed by atoms with Gasteiger partial charge < -0.3 is 0 Å². The van der Waals surface area contributed by atoms with Crippen molar-refractivity contribution in [2.45, 2.75) is 75.5 Å². The number of nitriles is 1. The van der Waals surface area contributed by atoms with E-state index in [2.05, 4.69) is 42.3 Å². The molecule has 0 radical (unpaired) electrons. The molecule has 3 aliphatic rings. The van der Waals surface area contributed by atoms with Crippen molar-refractivity contribution in [2.75, 3.05) is 0 Å². The molecular weight excluding hydrogens is 272 g/mol. The van der Waals surface area contributed by atoms with Crippen LogP contribution in [0.1, 0.15) is 75.0 Å². The van der Waals surface area contributed by atoms with Crippen LogP contribution in [0.25, 0.3) is 0 Å². The summed E-state index contributed by atoms with van der Waals surface area (Å²) >= 11 is 0. The molecule has 1 aliphatic carbocycles. The fourth-order valence-electron chi connectivity index (χ4n) is 4.99. The monoisotopic (exact) mass is 296 g/mol. The number of hydrogen-bond acceptors (Lipinski definition) is 3. The summed E-state index contributed by atoms with van der Waals surface area (Å²) in [6, 6.07) is 11.4. The molecule has 116 valence electrons. The number of hydrogen-bond donors (Lipinski definition) is 0. The lowest BCUT2D eigenvalue weighted by Gasteiger charge is -2.45. The summed E-state index contributed by atoms with van der Waals surface area (Å²) in [5, 5.41) is 11.6. The average molecular weight is 296 g/mol. The third-order valence-electron chi connectivity index (χ3n) is 5.93. The number of rotatable bonds is 0. The molecule has 3 unspecified atom stereocenters. The highest BCUT2D eigenvalue weighted by Crippen LogP contribution is 2.52. The second-order valence-electron chi connectivity index (χ2n) is 7.32. The van der Waals surface area contributed by atoms with Crippen molar-refractivity contribution in [3.05, 3.63) is 35.4 Å². The van der Waals surface area contributed by atoms with Gasteiger partial charge in [0.2, 0.25) is 0 Å². The number of hydroxylamine groups is 2. The van der Waals surface area contributed by atoms with Gasteiger partial charge in [-0.1, -0.05) is 50.5 Å². The van der Waals surface area contributed by atoms with E-state index in [1.165, 1.54) is 43.2 Å². The zero-order valence-electron chi connectivity index (χ0n) is 13.3. The van der Waals surface area contributed by atoms with Crippen LogP contribution in [0, 0.1) is 11.3 Å². The van der Waals surface area contributed by atoms with E-state index in [-0.39, 0.29) is 17.7 Å². The van der Waals surface area contributed by atoms with Crippen molar-refractivity contribution in [2.24, 2.45) is 0 Å². The Morgan fingerprint density at radius 3 is 2.64 bits per heavy atom. The SMILES string of the molecule is CC1CC2(CCCCC2)N2OC(C#N)CC2c2ccccc21. The van der Waals surface area contributed by atoms with Gasteiger partial charge >= 0.3 is 0 Å². The van der Waals surface area contributed by atoms with Crippen LogP contribution in [-0.2, 0) is 4.84 Å². The predicted octanol–water partition coefficient (Wildman–Crippen LogP) is 4.47. The molecule has 2 aliphatic heterocycles. The highest BCUT2D eigenvalue weighted by molar-refractivity contribution is 5.36. The molecule has 0 amide bonds. The maximum atomic E-state index is 9.37. The minimum Gasteiger partial charge on any atom is -0.279 e. The Balaban J connectivity index is 1.81. The summed E-state index contributed by atoms with van der Waals surface area (Å²) < 4.78 is 0. The summed E-state index contributed by atoms with van der Waals surface area (Å²) in [6.45, 7) is 2.36. The molecule has 0 N–H and O–H groups in total. The van der Waals surface area contributed by atoms with Crippen LogP contribution in [0.2, 0.25) is 0 Å². The first kappa shape index (κ1) is 14.2. The minimum atomic E-state index is -0.287. The van der Waals surface area contributed by atoms with Gasteiger partial charge in [-0.25, -0.2) is 0 Å². The van der Waals surface area contributed by atoms with Crippen molar-refractivity contribution >= 4 is 0 Å². The molecule has 1 saturated carbocycles. The van der Waals surface area contributed by atoms with Gasteiger partial charge in [0.1, 0.15) is 0 Å². The standard InChI is InChI=1S/C19H24N2O/c1-14-12-19(9-5-2-6-10-19)21-18(11-15(13-20)22-21)17-8-4-3-7-16(14)17/h3-4,7-8,14-15,18H,2,5-6,9-12H2,1H3. The highest BCUT2D eigenvalue weighted by Gasteiger charge is 2.51. The Labute approximate surface area is 132 Å². The zero-order chi connectivity index (χ0) is 15.2. The van der Waals surface area contributed by atoms with Crippen LogP contribution in [0.3, 0.4) is 0 Å². The van der Waals surface area contributed by atoms with Gasteiger partial charge in [0.05, 0.1) is 12.1 Å². The molecule has 3 nitrogen and oxygen atoms in total. The quantitative estimate of drug-likeness (QED) is 0.709. The number of fused-ring (bicyclic) bond motifs is 4. The third-order valence-corrected chi connectivity index (χ3v) is 5.93. The topological polar surface area (TPSA) is 36.3 Å². The lowest BCUT2D eigenvalue weighted by molar-refractivity contribution is -0.227. The van der Waals surface area contributed by atoms with E-state index in [0.29, 0.717) is 5.92 Å². The first-order valence-corrected chi connectivity index (χ1v) is 8.68. The van der Waals surface area contributed by atoms with Crippen molar-refractivity contribution in [3.63, 3.8) is 0 Å². The molecule has 0 aromatic heterocycles. The molecule has 0 bridgehead atoms. The van der Waals surface area contributed by atoms with Gasteiger partial charge in [0.15, 0.2) is 6.10 Å². The molecule has 1 aromatic rings. The van der Waals surface area contributed by atoms with Crippen LogP contribution in [-0.4, -0.2) is 16.7 Å². The molecule has 2 heterocycles. The Bertz CT molecular complexity index is 600. The molecule has 3 heteroatoms. The van der Waals surface area contributed by atoms with Gasteiger partial charge in [0, 0.05) is 12.0 Å². The minimum absolute atomic E-state index is 0.132. The zero-order valence-corrected chi connectivity index (χ0v) is 13.3. The lowest BCUT2D eigenvalue weighted by Crippen LogP contribution is -2.48. The molecule has 1 spiro atoms. The van der Waals surface area contributed by atoms with Gasteiger partial charge in [-0.2, -0.15) is 10.3 Å². The van der Waals surface area contributed by atoms with E-state index in [1.807, 2.05) is 0 Å². The van der Waals surface area contributed by atoms with E-state index in [0.717, 1.165) is 12.8 Å². The van der Waals surface area contributed by atoms with Crippen LogP contribution < -0.4 is 0 Å². The second-order valence-corrected chi connectivity index (χ2v) is 7.32. The maximum Gasteiger partial charge on any atom is 0.167 e. The van der Waals surface area contributed by atoms with Crippen LogP contribution >= 0.6 is 0 Å². The van der Waals surface area contributed by atoms with Gasteiger partial charge in [-0.05, 0) is 36.3 Å². The first-order chi connectivity index (χ1) is 10.7. The summed E-state index contributed by atoms with van der Waals surface area (Å²) in [7, 11) is 0. The fourth-order valence-corrected chi connectivity index (χ4v) is 4.99. The molecule has 1 saturated heterocycles. The Morgan fingerprint density at radius 1 is 1.18 bits per heavy atom. The van der Waals surface area contributed by atoms with E-state index in [9.17, 15) is 5.26 Å². The molecule has 4 rings (SSSR count). The molecule has 2 fully saturated rings. The summed E-state index contributed by atoms with van der Waals surface area (Å²) in [5.41, 5.74) is 2.98. The molecule has 3 atom stereocenters. The molecule has 22 heavy (non-hydrogen) atoms. The van der Waals surface area contributed by atoms with E-state index >= 15 is 0 Å². The van der Waals surface area contributed by atoms with E-state index < -0.39 is 0 Å². The van der Waals surface area contributed by atoms with Crippen molar-refractivity contribution < 1.29 is 4.84 Å². The van der Waals surface area contributed by atoms with Gasteiger partial charge in [0.25, 0.3) is 0 Å². The Kier molecular flexibility index (Phi) is 3.47. The summed E-state index contributed by atoms with van der Waals surface area (Å²) in [6.07, 6.45) is 7.99. The Morgan fingerprint density at radius 2 is 1.91 bits per heavy atom. The van der Waals surface area contributed by atoms with E-state index in [4.69, 9.17) is 4.84 Å². The van der Waals surface area contributed by atoms with Gasteiger partial charge in [-0.15, -0.1) is 0 Å². The van der Waals surface area contributed by atoms with Crippen LogP contribution in [0.15, 0.2) is 24.3 Å². The lowest BCUT2D eigenvalue weighted by atomic mass is 9.75. The predicted molar refractivity (Wildman–Crippen MR) is 85.0 cm³/mol. The van der Waals surface area contributed by atoms with Crippen LogP contribution in [0.4, 0.5) is 0 Å². The Hall–Kier alpha value is -1.37. The third kappa shape index (κ3) is 2.09. The van der Waals surface area contributed by atoms with E-state index in [1.54, 1.807) is 0 Å². The molecular formula is C19H24N2O. The average Bonchev–Trinajstić information content (AvgIpc) is 2.97. The first-order valence-electron chi connectivity index (χ1n) is 8.68. The smallest absolute Gasteiger partial charge is 0.167 e. The van der Waals surface area contributed by atoms with Crippen molar-refractivity contribution in [1.29, 1.82) is 5.26 Å². The highest BCUT2D eigenvalue weighted by atomic mass is 16.7. The van der Waals surface area contributed by atoms with Crippen LogP contribution in [0.5, 0.6) is 0 Å². The number of benzene rings is 1. The van der Waals surface area contributed by atoms with Crippen molar-refractivity contribution in [1.82, 2.24) is 5.06 Å². The summed E-state index contributed by atoms with van der Waals surface area (Å²) in [5.74, 6) is 0.559. The largest absolute Gasteiger partial charge is 0.279 e. The fraction of sp³-hybridized carbons (Fsp3) is 0.632. The summed E-state index contributed by atoms with van der Waals surface area (Å²) in [4.78, 5) is 6.17. The van der Waals surface area contributed by atoms with Crippen molar-refractivity contribution in [3.8, 4) is 6.07 Å². The normalized spacial score (nSPS) is 33.7. The maximum absolute atomic E-state index is 9.37. The number of nitrogens with zero attached hydrogens (tertiary/aromatic N) is 2. The second kappa shape index (κ2) is 5.37.